The Balaban J connectivity index is 2.28. The van der Waals surface area contributed by atoms with E-state index in [-0.39, 0.29) is 5.92 Å². The van der Waals surface area contributed by atoms with E-state index in [4.69, 9.17) is 10.8 Å². The van der Waals surface area contributed by atoms with Crippen molar-refractivity contribution in [3.8, 4) is 11.1 Å². The minimum Gasteiger partial charge on any atom is -0.478 e. The van der Waals surface area contributed by atoms with Gasteiger partial charge in [0.15, 0.2) is 0 Å². The van der Waals surface area contributed by atoms with Crippen molar-refractivity contribution in [2.45, 2.75) is 12.8 Å². The summed E-state index contributed by atoms with van der Waals surface area (Å²) in [6.45, 7) is 2.57. The summed E-state index contributed by atoms with van der Waals surface area (Å²) in [5, 5.41) is 9.12. The molecule has 0 fully saturated rings. The van der Waals surface area contributed by atoms with Gasteiger partial charge in [-0.05, 0) is 46.9 Å². The van der Waals surface area contributed by atoms with Crippen molar-refractivity contribution in [3.05, 3.63) is 58.7 Å². The Bertz CT molecular complexity index is 676. The monoisotopic (exact) mass is 253 g/mol. The molecule has 3 nitrogen and oxygen atoms in total. The van der Waals surface area contributed by atoms with Crippen molar-refractivity contribution in [1.29, 1.82) is 0 Å². The highest BCUT2D eigenvalue weighted by Gasteiger charge is 2.29. The van der Waals surface area contributed by atoms with Crippen LogP contribution in [0.3, 0.4) is 0 Å². The van der Waals surface area contributed by atoms with E-state index in [1.807, 2.05) is 12.1 Å². The van der Waals surface area contributed by atoms with E-state index >= 15 is 0 Å². The van der Waals surface area contributed by atoms with E-state index < -0.39 is 5.97 Å². The number of hydrogen-bond donors (Lipinski definition) is 2. The number of rotatable bonds is 2. The molecule has 0 radical (unpaired) electrons. The average Bonchev–Trinajstić information content (AvgIpc) is 2.72. The maximum Gasteiger partial charge on any atom is 0.335 e. The van der Waals surface area contributed by atoms with E-state index in [9.17, 15) is 4.79 Å². The van der Waals surface area contributed by atoms with Gasteiger partial charge in [0.2, 0.25) is 0 Å². The van der Waals surface area contributed by atoms with Crippen LogP contribution in [0.15, 0.2) is 36.4 Å². The van der Waals surface area contributed by atoms with E-state index in [1.54, 1.807) is 12.1 Å². The summed E-state index contributed by atoms with van der Waals surface area (Å²) < 4.78 is 0. The fourth-order valence-corrected chi connectivity index (χ4v) is 2.98. The molecular weight excluding hydrogens is 238 g/mol. The van der Waals surface area contributed by atoms with E-state index in [2.05, 4.69) is 19.1 Å². The van der Waals surface area contributed by atoms with E-state index in [0.717, 1.165) is 11.1 Å². The van der Waals surface area contributed by atoms with E-state index in [1.165, 1.54) is 16.7 Å². The third kappa shape index (κ3) is 1.66. The molecule has 96 valence electrons. The van der Waals surface area contributed by atoms with Crippen molar-refractivity contribution >= 4 is 5.97 Å². The normalized spacial score (nSPS) is 16.0. The quantitative estimate of drug-likeness (QED) is 0.865. The summed E-state index contributed by atoms with van der Waals surface area (Å²) in [6, 6.07) is 11.5. The van der Waals surface area contributed by atoms with Crippen LogP contribution in [0, 0.1) is 6.92 Å². The van der Waals surface area contributed by atoms with Crippen LogP contribution in [0.2, 0.25) is 0 Å². The van der Waals surface area contributed by atoms with Crippen molar-refractivity contribution < 1.29 is 9.90 Å². The van der Waals surface area contributed by atoms with Crippen LogP contribution in [0.25, 0.3) is 11.1 Å². The molecule has 0 bridgehead atoms. The first-order chi connectivity index (χ1) is 9.13. The van der Waals surface area contributed by atoms with Crippen molar-refractivity contribution in [2.75, 3.05) is 6.54 Å². The lowest BCUT2D eigenvalue weighted by atomic mass is 9.96. The number of benzene rings is 2. The summed E-state index contributed by atoms with van der Waals surface area (Å²) in [5.74, 6) is -0.796. The first kappa shape index (κ1) is 11.9. The molecular formula is C16H15NO2. The zero-order valence-corrected chi connectivity index (χ0v) is 10.7. The number of carbonyl (C=O) groups is 1. The van der Waals surface area contributed by atoms with Gasteiger partial charge in [0.1, 0.15) is 0 Å². The first-order valence-corrected chi connectivity index (χ1v) is 6.30. The summed E-state index contributed by atoms with van der Waals surface area (Å²) >= 11 is 0. The summed E-state index contributed by atoms with van der Waals surface area (Å²) in [7, 11) is 0. The second-order valence-corrected chi connectivity index (χ2v) is 4.93. The van der Waals surface area contributed by atoms with Crippen molar-refractivity contribution in [2.24, 2.45) is 5.73 Å². The highest BCUT2D eigenvalue weighted by Crippen LogP contribution is 2.46. The van der Waals surface area contributed by atoms with Gasteiger partial charge in [-0.2, -0.15) is 0 Å². The highest BCUT2D eigenvalue weighted by molar-refractivity contribution is 5.91. The lowest BCUT2D eigenvalue weighted by molar-refractivity contribution is 0.0697. The van der Waals surface area contributed by atoms with Gasteiger partial charge in [-0.25, -0.2) is 4.79 Å². The molecule has 0 saturated heterocycles. The number of carboxylic acid groups (broad SMARTS) is 1. The Morgan fingerprint density at radius 1 is 1.26 bits per heavy atom. The number of carboxylic acids is 1. The molecule has 1 unspecified atom stereocenters. The smallest absolute Gasteiger partial charge is 0.335 e. The topological polar surface area (TPSA) is 63.3 Å². The number of hydrogen-bond acceptors (Lipinski definition) is 2. The molecule has 1 atom stereocenters. The van der Waals surface area contributed by atoms with E-state index in [0.29, 0.717) is 12.1 Å². The lowest BCUT2D eigenvalue weighted by Crippen LogP contribution is -2.11. The molecule has 3 N–H and O–H groups in total. The SMILES string of the molecule is Cc1cccc2c1-c1ccc(C(=O)O)cc1C2CN. The third-order valence-electron chi connectivity index (χ3n) is 3.86. The third-order valence-corrected chi connectivity index (χ3v) is 3.86. The average molecular weight is 253 g/mol. The lowest BCUT2D eigenvalue weighted by Gasteiger charge is -2.10. The highest BCUT2D eigenvalue weighted by atomic mass is 16.4. The predicted molar refractivity (Wildman–Crippen MR) is 74.5 cm³/mol. The van der Waals surface area contributed by atoms with Gasteiger partial charge in [-0.15, -0.1) is 0 Å². The van der Waals surface area contributed by atoms with Gasteiger partial charge in [0.05, 0.1) is 5.56 Å². The van der Waals surface area contributed by atoms with Crippen molar-refractivity contribution in [1.82, 2.24) is 0 Å². The molecule has 0 aromatic heterocycles. The summed E-state index contributed by atoms with van der Waals surface area (Å²) in [4.78, 5) is 11.1. The van der Waals surface area contributed by atoms with Crippen molar-refractivity contribution in [3.63, 3.8) is 0 Å². The van der Waals surface area contributed by atoms with Crippen LogP contribution < -0.4 is 5.73 Å². The van der Waals surface area contributed by atoms with Gasteiger partial charge in [-0.3, -0.25) is 0 Å². The maximum atomic E-state index is 11.1. The Labute approximate surface area is 111 Å². The minimum atomic E-state index is -0.897. The van der Waals surface area contributed by atoms with Crippen LogP contribution >= 0.6 is 0 Å². The Morgan fingerprint density at radius 3 is 2.74 bits per heavy atom. The molecule has 19 heavy (non-hydrogen) atoms. The number of nitrogens with two attached hydrogens (primary N) is 1. The summed E-state index contributed by atoms with van der Waals surface area (Å²) in [6.07, 6.45) is 0. The van der Waals surface area contributed by atoms with Crippen LogP contribution in [-0.2, 0) is 0 Å². The minimum absolute atomic E-state index is 0.101. The van der Waals surface area contributed by atoms with Crippen LogP contribution in [0.1, 0.15) is 33.0 Å². The Morgan fingerprint density at radius 2 is 2.05 bits per heavy atom. The molecule has 1 aliphatic carbocycles. The van der Waals surface area contributed by atoms with Crippen LogP contribution in [0.4, 0.5) is 0 Å². The maximum absolute atomic E-state index is 11.1. The van der Waals surface area contributed by atoms with Gasteiger partial charge >= 0.3 is 5.97 Å². The molecule has 0 spiro atoms. The molecule has 0 amide bonds. The molecule has 3 rings (SSSR count). The Kier molecular flexibility index (Phi) is 2.64. The second kappa shape index (κ2) is 4.21. The second-order valence-electron chi connectivity index (χ2n) is 4.93. The molecule has 0 aliphatic heterocycles. The van der Waals surface area contributed by atoms with Crippen LogP contribution in [-0.4, -0.2) is 17.6 Å². The first-order valence-electron chi connectivity index (χ1n) is 6.30. The number of aryl methyl sites for hydroxylation is 1. The van der Waals surface area contributed by atoms with Gasteiger partial charge in [0, 0.05) is 12.5 Å². The zero-order valence-electron chi connectivity index (χ0n) is 10.7. The molecule has 0 heterocycles. The zero-order chi connectivity index (χ0) is 13.6. The number of aromatic carboxylic acids is 1. The predicted octanol–water partition coefficient (Wildman–Crippen LogP) is 2.76. The fraction of sp³-hybridized carbons (Fsp3) is 0.188. The largest absolute Gasteiger partial charge is 0.478 e. The number of fused-ring (bicyclic) bond motifs is 3. The molecule has 3 heteroatoms. The van der Waals surface area contributed by atoms with Gasteiger partial charge < -0.3 is 10.8 Å². The molecule has 0 saturated carbocycles. The molecule has 1 aliphatic rings. The van der Waals surface area contributed by atoms with Gasteiger partial charge in [0.25, 0.3) is 0 Å². The summed E-state index contributed by atoms with van der Waals surface area (Å²) in [5.41, 5.74) is 12.0. The van der Waals surface area contributed by atoms with Gasteiger partial charge in [-0.1, -0.05) is 24.3 Å². The fourth-order valence-electron chi connectivity index (χ4n) is 2.98. The molecule has 2 aromatic carbocycles. The van der Waals surface area contributed by atoms with Crippen LogP contribution in [0.5, 0.6) is 0 Å². The Hall–Kier alpha value is -2.13. The molecule has 2 aromatic rings. The standard InChI is InChI=1S/C16H15NO2/c1-9-3-2-4-11-14(8-17)13-7-10(16(18)19)5-6-12(13)15(9)11/h2-7,14H,8,17H2,1H3,(H,18,19).